The molecule has 3 rings (SSSR count). The zero-order valence-electron chi connectivity index (χ0n) is 11.1. The van der Waals surface area contributed by atoms with E-state index in [0.29, 0.717) is 18.9 Å². The molecule has 0 aliphatic heterocycles. The molecule has 19 heavy (non-hydrogen) atoms. The van der Waals surface area contributed by atoms with Crippen molar-refractivity contribution in [3.8, 4) is 0 Å². The Labute approximate surface area is 119 Å². The molecule has 2 nitrogen and oxygen atoms in total. The lowest BCUT2D eigenvalue weighted by Gasteiger charge is -2.20. The molecule has 2 aliphatic rings. The Balaban J connectivity index is 1.47. The van der Waals surface area contributed by atoms with Gasteiger partial charge in [0.1, 0.15) is 0 Å². The highest BCUT2D eigenvalue weighted by molar-refractivity contribution is 6.30. The molecule has 3 heteroatoms. The average molecular weight is 278 g/mol. The molecular formula is C16H20ClNO. The van der Waals surface area contributed by atoms with Gasteiger partial charge in [-0.3, -0.25) is 4.79 Å². The van der Waals surface area contributed by atoms with E-state index in [1.807, 2.05) is 24.3 Å². The van der Waals surface area contributed by atoms with Crippen molar-refractivity contribution in [2.45, 2.75) is 38.6 Å². The van der Waals surface area contributed by atoms with Gasteiger partial charge in [0, 0.05) is 18.0 Å². The molecule has 102 valence electrons. The molecule has 1 N–H and O–H groups in total. The van der Waals surface area contributed by atoms with Crippen molar-refractivity contribution in [2.75, 3.05) is 0 Å². The second-order valence-electron chi connectivity index (χ2n) is 6.05. The van der Waals surface area contributed by atoms with E-state index >= 15 is 0 Å². The van der Waals surface area contributed by atoms with Crippen LogP contribution in [0.4, 0.5) is 0 Å². The van der Waals surface area contributed by atoms with Gasteiger partial charge in [0.15, 0.2) is 0 Å². The van der Waals surface area contributed by atoms with Crippen LogP contribution >= 0.6 is 11.6 Å². The number of carbonyl (C=O) groups is 1. The fraction of sp³-hybridized carbons (Fsp3) is 0.562. The summed E-state index contributed by atoms with van der Waals surface area (Å²) in [7, 11) is 0. The van der Waals surface area contributed by atoms with E-state index in [1.54, 1.807) is 0 Å². The number of nitrogens with one attached hydrogen (secondary N) is 1. The molecule has 0 unspecified atom stereocenters. The van der Waals surface area contributed by atoms with Gasteiger partial charge in [-0.15, -0.1) is 0 Å². The SMILES string of the molecule is O=C(C[C@@H]1C[C@@H]2CC[C@@H]1C2)NCc1cccc(Cl)c1. The van der Waals surface area contributed by atoms with E-state index in [4.69, 9.17) is 11.6 Å². The lowest BCUT2D eigenvalue weighted by atomic mass is 9.86. The van der Waals surface area contributed by atoms with Crippen LogP contribution in [0, 0.1) is 17.8 Å². The minimum absolute atomic E-state index is 0.192. The summed E-state index contributed by atoms with van der Waals surface area (Å²) in [4.78, 5) is 12.0. The minimum atomic E-state index is 0.192. The van der Waals surface area contributed by atoms with Crippen molar-refractivity contribution in [1.29, 1.82) is 0 Å². The minimum Gasteiger partial charge on any atom is -0.352 e. The highest BCUT2D eigenvalue weighted by atomic mass is 35.5. The van der Waals surface area contributed by atoms with E-state index < -0.39 is 0 Å². The molecule has 0 heterocycles. The Hall–Kier alpha value is -1.02. The number of rotatable bonds is 4. The van der Waals surface area contributed by atoms with E-state index in [-0.39, 0.29) is 5.91 Å². The molecule has 1 amide bonds. The van der Waals surface area contributed by atoms with E-state index in [1.165, 1.54) is 25.7 Å². The zero-order chi connectivity index (χ0) is 13.2. The molecule has 2 saturated carbocycles. The monoisotopic (exact) mass is 277 g/mol. The van der Waals surface area contributed by atoms with Gasteiger partial charge < -0.3 is 5.32 Å². The van der Waals surface area contributed by atoms with Crippen LogP contribution in [0.3, 0.4) is 0 Å². The van der Waals surface area contributed by atoms with Gasteiger partial charge >= 0.3 is 0 Å². The maximum Gasteiger partial charge on any atom is 0.220 e. The molecule has 1 aromatic rings. The number of halogens is 1. The first-order chi connectivity index (χ1) is 9.20. The fourth-order valence-corrected chi connectivity index (χ4v) is 4.00. The molecule has 2 fully saturated rings. The summed E-state index contributed by atoms with van der Waals surface area (Å²) in [6.07, 6.45) is 6.09. The third-order valence-electron chi connectivity index (χ3n) is 4.71. The molecule has 3 atom stereocenters. The van der Waals surface area contributed by atoms with Gasteiger partial charge in [-0.1, -0.05) is 30.2 Å². The van der Waals surface area contributed by atoms with Crippen molar-refractivity contribution < 1.29 is 4.79 Å². The first kappa shape index (κ1) is 13.0. The van der Waals surface area contributed by atoms with Crippen LogP contribution in [0.5, 0.6) is 0 Å². The van der Waals surface area contributed by atoms with Crippen LogP contribution in [-0.2, 0) is 11.3 Å². The maximum absolute atomic E-state index is 12.0. The Kier molecular flexibility index (Phi) is 3.79. The van der Waals surface area contributed by atoms with Crippen LogP contribution < -0.4 is 5.32 Å². The molecule has 2 aliphatic carbocycles. The van der Waals surface area contributed by atoms with Crippen LogP contribution in [0.1, 0.15) is 37.7 Å². The normalized spacial score (nSPS) is 28.6. The number of hydrogen-bond donors (Lipinski definition) is 1. The number of amides is 1. The predicted molar refractivity (Wildman–Crippen MR) is 76.9 cm³/mol. The average Bonchev–Trinajstić information content (AvgIpc) is 2.99. The number of fused-ring (bicyclic) bond motifs is 2. The van der Waals surface area contributed by atoms with Gasteiger partial charge in [-0.25, -0.2) is 0 Å². The molecule has 0 aromatic heterocycles. The van der Waals surface area contributed by atoms with E-state index in [0.717, 1.165) is 22.4 Å². The topological polar surface area (TPSA) is 29.1 Å². The van der Waals surface area contributed by atoms with Crippen LogP contribution in [0.15, 0.2) is 24.3 Å². The lowest BCUT2D eigenvalue weighted by Crippen LogP contribution is -2.26. The van der Waals surface area contributed by atoms with Gasteiger partial charge in [-0.2, -0.15) is 0 Å². The molecule has 2 bridgehead atoms. The van der Waals surface area contributed by atoms with E-state index in [2.05, 4.69) is 5.32 Å². The van der Waals surface area contributed by atoms with Gasteiger partial charge in [-0.05, 0) is 54.7 Å². The van der Waals surface area contributed by atoms with Crippen LogP contribution in [0.2, 0.25) is 5.02 Å². The van der Waals surface area contributed by atoms with E-state index in [9.17, 15) is 4.79 Å². The molecule has 0 saturated heterocycles. The van der Waals surface area contributed by atoms with Crippen LogP contribution in [-0.4, -0.2) is 5.91 Å². The van der Waals surface area contributed by atoms with Gasteiger partial charge in [0.2, 0.25) is 5.91 Å². The highest BCUT2D eigenvalue weighted by Gasteiger charge is 2.39. The summed E-state index contributed by atoms with van der Waals surface area (Å²) in [5.74, 6) is 2.56. The van der Waals surface area contributed by atoms with Crippen molar-refractivity contribution >= 4 is 17.5 Å². The fourth-order valence-electron chi connectivity index (χ4n) is 3.78. The highest BCUT2D eigenvalue weighted by Crippen LogP contribution is 2.49. The number of carbonyl (C=O) groups excluding carboxylic acids is 1. The second-order valence-corrected chi connectivity index (χ2v) is 6.48. The quantitative estimate of drug-likeness (QED) is 0.891. The number of benzene rings is 1. The maximum atomic E-state index is 12.0. The van der Waals surface area contributed by atoms with Crippen molar-refractivity contribution in [2.24, 2.45) is 17.8 Å². The second kappa shape index (κ2) is 5.54. The summed E-state index contributed by atoms with van der Waals surface area (Å²) in [6.45, 7) is 0.584. The molecule has 1 aromatic carbocycles. The summed E-state index contributed by atoms with van der Waals surface area (Å²) >= 11 is 5.93. The molecular weight excluding hydrogens is 258 g/mol. The third-order valence-corrected chi connectivity index (χ3v) is 4.95. The summed E-state index contributed by atoms with van der Waals surface area (Å²) in [5.41, 5.74) is 1.06. The number of hydrogen-bond acceptors (Lipinski definition) is 1. The Morgan fingerprint density at radius 1 is 1.32 bits per heavy atom. The van der Waals surface area contributed by atoms with Crippen LogP contribution in [0.25, 0.3) is 0 Å². The van der Waals surface area contributed by atoms with Crippen molar-refractivity contribution in [3.05, 3.63) is 34.9 Å². The van der Waals surface area contributed by atoms with Crippen molar-refractivity contribution in [1.82, 2.24) is 5.32 Å². The lowest BCUT2D eigenvalue weighted by molar-refractivity contribution is -0.122. The standard InChI is InChI=1S/C16H20ClNO/c17-15-3-1-2-12(8-15)10-18-16(19)9-14-7-11-4-5-13(14)6-11/h1-3,8,11,13-14H,4-7,9-10H2,(H,18,19)/t11-,13-,14+/m1/s1. The predicted octanol–water partition coefficient (Wildman–Crippen LogP) is 3.78. The Morgan fingerprint density at radius 3 is 2.89 bits per heavy atom. The summed E-state index contributed by atoms with van der Waals surface area (Å²) in [5, 5.41) is 3.74. The summed E-state index contributed by atoms with van der Waals surface area (Å²) < 4.78 is 0. The zero-order valence-corrected chi connectivity index (χ0v) is 11.8. The largest absolute Gasteiger partial charge is 0.352 e. The Bertz CT molecular complexity index is 474. The van der Waals surface area contributed by atoms with Crippen molar-refractivity contribution in [3.63, 3.8) is 0 Å². The first-order valence-corrected chi connectivity index (χ1v) is 7.59. The third kappa shape index (κ3) is 3.11. The summed E-state index contributed by atoms with van der Waals surface area (Å²) in [6, 6.07) is 7.66. The first-order valence-electron chi connectivity index (χ1n) is 7.22. The molecule has 0 radical (unpaired) electrons. The van der Waals surface area contributed by atoms with Gasteiger partial charge in [0.05, 0.1) is 0 Å². The smallest absolute Gasteiger partial charge is 0.220 e. The van der Waals surface area contributed by atoms with Gasteiger partial charge in [0.25, 0.3) is 0 Å². The molecule has 0 spiro atoms. The Morgan fingerprint density at radius 2 is 2.21 bits per heavy atom.